The molecular weight excluding hydrogens is 168 g/mol. The second-order valence-electron chi connectivity index (χ2n) is 3.10. The largest absolute Gasteiger partial charge is 0.368 e. The van der Waals surface area contributed by atoms with Crippen LogP contribution < -0.4 is 11.5 Å². The first-order chi connectivity index (χ1) is 6.00. The zero-order chi connectivity index (χ0) is 10.0. The lowest BCUT2D eigenvalue weighted by atomic mass is 10.3. The maximum Gasteiger partial charge on any atom is 0.237 e. The number of rotatable bonds is 3. The standard InChI is InChI=1S/C8H14N4O/c1-5(9)7-3-12(4-8(10)13)6(2)11-7/h3,5H,4,9H2,1-2H3,(H2,10,13)/t5-/m1/s1. The van der Waals surface area contributed by atoms with Crippen LogP contribution in [0.1, 0.15) is 24.5 Å². The molecule has 0 aromatic carbocycles. The smallest absolute Gasteiger partial charge is 0.237 e. The van der Waals surface area contributed by atoms with E-state index in [2.05, 4.69) is 4.98 Å². The van der Waals surface area contributed by atoms with Crippen molar-refractivity contribution in [2.24, 2.45) is 11.5 Å². The molecule has 1 rings (SSSR count). The third-order valence-corrected chi connectivity index (χ3v) is 1.79. The fourth-order valence-corrected chi connectivity index (χ4v) is 1.08. The summed E-state index contributed by atoms with van der Waals surface area (Å²) in [6.45, 7) is 3.82. The Kier molecular flexibility index (Phi) is 2.67. The van der Waals surface area contributed by atoms with Crippen molar-refractivity contribution in [3.05, 3.63) is 17.7 Å². The molecule has 0 fully saturated rings. The lowest BCUT2D eigenvalue weighted by Gasteiger charge is -1.99. The molecule has 13 heavy (non-hydrogen) atoms. The second kappa shape index (κ2) is 3.57. The van der Waals surface area contributed by atoms with Gasteiger partial charge in [-0.1, -0.05) is 0 Å². The van der Waals surface area contributed by atoms with Gasteiger partial charge in [-0.05, 0) is 13.8 Å². The predicted octanol–water partition coefficient (Wildman–Crippen LogP) is -0.303. The molecule has 0 bridgehead atoms. The van der Waals surface area contributed by atoms with Crippen LogP contribution in [0.2, 0.25) is 0 Å². The lowest BCUT2D eigenvalue weighted by Crippen LogP contribution is -2.18. The Labute approximate surface area is 76.7 Å². The quantitative estimate of drug-likeness (QED) is 0.672. The van der Waals surface area contributed by atoms with Gasteiger partial charge in [0.2, 0.25) is 5.91 Å². The van der Waals surface area contributed by atoms with E-state index in [0.717, 1.165) is 11.5 Å². The van der Waals surface area contributed by atoms with Crippen molar-refractivity contribution in [3.8, 4) is 0 Å². The van der Waals surface area contributed by atoms with Gasteiger partial charge < -0.3 is 16.0 Å². The summed E-state index contributed by atoms with van der Waals surface area (Å²) in [6, 6.07) is -0.118. The highest BCUT2D eigenvalue weighted by atomic mass is 16.1. The van der Waals surface area contributed by atoms with Crippen molar-refractivity contribution >= 4 is 5.91 Å². The molecule has 1 amide bonds. The average molecular weight is 182 g/mol. The van der Waals surface area contributed by atoms with E-state index in [1.165, 1.54) is 0 Å². The summed E-state index contributed by atoms with van der Waals surface area (Å²) >= 11 is 0. The van der Waals surface area contributed by atoms with Gasteiger partial charge in [0.25, 0.3) is 0 Å². The van der Waals surface area contributed by atoms with E-state index in [0.29, 0.717) is 0 Å². The van der Waals surface area contributed by atoms with E-state index < -0.39 is 0 Å². The second-order valence-corrected chi connectivity index (χ2v) is 3.10. The molecule has 0 aliphatic heterocycles. The maximum absolute atomic E-state index is 10.6. The topological polar surface area (TPSA) is 86.9 Å². The minimum Gasteiger partial charge on any atom is -0.368 e. The molecule has 0 unspecified atom stereocenters. The first-order valence-corrected chi connectivity index (χ1v) is 4.08. The van der Waals surface area contributed by atoms with Crippen molar-refractivity contribution in [1.29, 1.82) is 0 Å². The van der Waals surface area contributed by atoms with Gasteiger partial charge in [-0.2, -0.15) is 0 Å². The first-order valence-electron chi connectivity index (χ1n) is 4.08. The summed E-state index contributed by atoms with van der Waals surface area (Å²) in [5, 5.41) is 0. The molecule has 0 saturated heterocycles. The van der Waals surface area contributed by atoms with E-state index in [9.17, 15) is 4.79 Å². The van der Waals surface area contributed by atoms with Crippen LogP contribution in [0.5, 0.6) is 0 Å². The number of hydrogen-bond donors (Lipinski definition) is 2. The minimum absolute atomic E-state index is 0.118. The molecule has 72 valence electrons. The number of carbonyl (C=O) groups is 1. The van der Waals surface area contributed by atoms with Crippen molar-refractivity contribution in [3.63, 3.8) is 0 Å². The van der Waals surface area contributed by atoms with Crippen LogP contribution in [0.3, 0.4) is 0 Å². The zero-order valence-electron chi connectivity index (χ0n) is 7.82. The van der Waals surface area contributed by atoms with Gasteiger partial charge in [-0.25, -0.2) is 4.98 Å². The van der Waals surface area contributed by atoms with Crippen LogP contribution in [-0.2, 0) is 11.3 Å². The molecule has 1 aromatic rings. The normalized spacial score (nSPS) is 12.8. The molecule has 4 N–H and O–H groups in total. The van der Waals surface area contributed by atoms with Crippen molar-refractivity contribution in [1.82, 2.24) is 9.55 Å². The highest BCUT2D eigenvalue weighted by Crippen LogP contribution is 2.08. The number of nitrogens with zero attached hydrogens (tertiary/aromatic N) is 2. The Balaban J connectivity index is 2.89. The molecule has 1 aromatic heterocycles. The van der Waals surface area contributed by atoms with Crippen LogP contribution in [0.25, 0.3) is 0 Å². The molecule has 0 aliphatic rings. The molecular formula is C8H14N4O. The summed E-state index contributed by atoms with van der Waals surface area (Å²) in [7, 11) is 0. The van der Waals surface area contributed by atoms with Gasteiger partial charge in [0.05, 0.1) is 5.69 Å². The number of amides is 1. The number of aromatic nitrogens is 2. The number of nitrogens with two attached hydrogens (primary N) is 2. The van der Waals surface area contributed by atoms with E-state index in [4.69, 9.17) is 11.5 Å². The van der Waals surface area contributed by atoms with E-state index >= 15 is 0 Å². The molecule has 0 aliphatic carbocycles. The van der Waals surface area contributed by atoms with Crippen LogP contribution in [-0.4, -0.2) is 15.5 Å². The number of imidazole rings is 1. The van der Waals surface area contributed by atoms with E-state index in [1.807, 2.05) is 13.8 Å². The third-order valence-electron chi connectivity index (χ3n) is 1.79. The Bertz CT molecular complexity index is 316. The van der Waals surface area contributed by atoms with Gasteiger partial charge in [0.1, 0.15) is 12.4 Å². The van der Waals surface area contributed by atoms with Crippen LogP contribution in [0, 0.1) is 6.92 Å². The molecule has 1 atom stereocenters. The summed E-state index contributed by atoms with van der Waals surface area (Å²) in [5.41, 5.74) is 11.5. The number of hydrogen-bond acceptors (Lipinski definition) is 3. The monoisotopic (exact) mass is 182 g/mol. The summed E-state index contributed by atoms with van der Waals surface area (Å²) in [5.74, 6) is 0.378. The van der Waals surface area contributed by atoms with Crippen molar-refractivity contribution in [2.75, 3.05) is 0 Å². The Hall–Kier alpha value is -1.36. The number of primary amides is 1. The van der Waals surface area contributed by atoms with Crippen molar-refractivity contribution < 1.29 is 4.79 Å². The average Bonchev–Trinajstić information content (AvgIpc) is 2.31. The van der Waals surface area contributed by atoms with Gasteiger partial charge in [-0.3, -0.25) is 4.79 Å². The number of carbonyl (C=O) groups excluding carboxylic acids is 1. The molecule has 0 spiro atoms. The van der Waals surface area contributed by atoms with Gasteiger partial charge in [0, 0.05) is 12.2 Å². The van der Waals surface area contributed by atoms with Crippen LogP contribution >= 0.6 is 0 Å². The minimum atomic E-state index is -0.378. The molecule has 1 heterocycles. The summed E-state index contributed by atoms with van der Waals surface area (Å²) in [6.07, 6.45) is 1.75. The summed E-state index contributed by atoms with van der Waals surface area (Å²) < 4.78 is 1.70. The zero-order valence-corrected chi connectivity index (χ0v) is 7.82. The van der Waals surface area contributed by atoms with Gasteiger partial charge >= 0.3 is 0 Å². The van der Waals surface area contributed by atoms with E-state index in [1.54, 1.807) is 10.8 Å². The van der Waals surface area contributed by atoms with Crippen LogP contribution in [0.15, 0.2) is 6.20 Å². The molecule has 0 radical (unpaired) electrons. The molecule has 0 saturated carbocycles. The fraction of sp³-hybridized carbons (Fsp3) is 0.500. The third kappa shape index (κ3) is 2.29. The first kappa shape index (κ1) is 9.73. The van der Waals surface area contributed by atoms with Crippen LogP contribution in [0.4, 0.5) is 0 Å². The fourth-order valence-electron chi connectivity index (χ4n) is 1.08. The predicted molar refractivity (Wildman–Crippen MR) is 48.8 cm³/mol. The Morgan fingerprint density at radius 2 is 2.38 bits per heavy atom. The van der Waals surface area contributed by atoms with Crippen molar-refractivity contribution in [2.45, 2.75) is 26.4 Å². The highest BCUT2D eigenvalue weighted by Gasteiger charge is 2.08. The molecule has 5 heteroatoms. The van der Waals surface area contributed by atoms with Gasteiger partial charge in [0.15, 0.2) is 0 Å². The van der Waals surface area contributed by atoms with E-state index in [-0.39, 0.29) is 18.5 Å². The molecule has 5 nitrogen and oxygen atoms in total. The lowest BCUT2D eigenvalue weighted by molar-refractivity contribution is -0.118. The highest BCUT2D eigenvalue weighted by molar-refractivity contribution is 5.73. The Morgan fingerprint density at radius 1 is 1.77 bits per heavy atom. The summed E-state index contributed by atoms with van der Waals surface area (Å²) in [4.78, 5) is 14.8. The number of aryl methyl sites for hydroxylation is 1. The van der Waals surface area contributed by atoms with Gasteiger partial charge in [-0.15, -0.1) is 0 Å². The Morgan fingerprint density at radius 3 is 2.77 bits per heavy atom. The SMILES string of the molecule is Cc1nc([C@@H](C)N)cn1CC(N)=O. The maximum atomic E-state index is 10.6.